The molecule has 0 N–H and O–H groups in total. The van der Waals surface area contributed by atoms with E-state index in [1.54, 1.807) is 21.7 Å². The lowest BCUT2D eigenvalue weighted by molar-refractivity contribution is -0.116. The number of ether oxygens (including phenoxy) is 2. The fourth-order valence-electron chi connectivity index (χ4n) is 4.45. The summed E-state index contributed by atoms with van der Waals surface area (Å²) in [5.74, 6) is 0.875. The third kappa shape index (κ3) is 4.03. The predicted molar refractivity (Wildman–Crippen MR) is 125 cm³/mol. The molecule has 0 fully saturated rings. The minimum absolute atomic E-state index is 0.109. The number of nitrogens with zero attached hydrogens (tertiary/aromatic N) is 4. The highest BCUT2D eigenvalue weighted by Crippen LogP contribution is 2.35. The van der Waals surface area contributed by atoms with Gasteiger partial charge < -0.3 is 14.4 Å². The maximum absolute atomic E-state index is 13.5. The van der Waals surface area contributed by atoms with Crippen LogP contribution in [0.2, 0.25) is 0 Å². The van der Waals surface area contributed by atoms with Gasteiger partial charge >= 0.3 is 0 Å². The molecule has 178 valence electrons. The Balaban J connectivity index is 1.44. The van der Waals surface area contributed by atoms with E-state index in [4.69, 9.17) is 9.47 Å². The Bertz CT molecular complexity index is 1340. The van der Waals surface area contributed by atoms with Crippen LogP contribution in [0.15, 0.2) is 53.4 Å². The van der Waals surface area contributed by atoms with Crippen molar-refractivity contribution in [3.8, 4) is 11.5 Å². The van der Waals surface area contributed by atoms with Gasteiger partial charge in [0.05, 0.1) is 17.1 Å². The molecule has 0 aliphatic carbocycles. The normalized spacial score (nSPS) is 15.6. The van der Waals surface area contributed by atoms with Gasteiger partial charge in [-0.15, -0.1) is 0 Å². The number of rotatable bonds is 5. The number of sulfonamides is 1. The number of benzene rings is 2. The maximum atomic E-state index is 13.5. The Hall–Kier alpha value is -3.37. The molecule has 10 heteroatoms. The zero-order valence-corrected chi connectivity index (χ0v) is 19.9. The van der Waals surface area contributed by atoms with Crippen LogP contribution in [0, 0.1) is 0 Å². The summed E-state index contributed by atoms with van der Waals surface area (Å²) in [6, 6.07) is 14.1. The molecule has 5 rings (SSSR count). The van der Waals surface area contributed by atoms with E-state index in [2.05, 4.69) is 5.10 Å². The number of fused-ring (bicyclic) bond motifs is 2. The molecular formula is C24H26N4O5S. The molecule has 3 aromatic rings. The van der Waals surface area contributed by atoms with Gasteiger partial charge in [0.1, 0.15) is 13.2 Å². The van der Waals surface area contributed by atoms with Crippen LogP contribution >= 0.6 is 0 Å². The molecule has 0 saturated carbocycles. The average Bonchev–Trinajstić information content (AvgIpc) is 3.17. The minimum Gasteiger partial charge on any atom is -0.486 e. The Morgan fingerprint density at radius 2 is 1.82 bits per heavy atom. The first-order valence-electron chi connectivity index (χ1n) is 11.1. The third-order valence-electron chi connectivity index (χ3n) is 6.20. The van der Waals surface area contributed by atoms with Crippen molar-refractivity contribution in [2.75, 3.05) is 24.7 Å². The number of amides is 1. The number of anilines is 1. The van der Waals surface area contributed by atoms with Crippen molar-refractivity contribution in [3.63, 3.8) is 0 Å². The van der Waals surface area contributed by atoms with Crippen LogP contribution in [0.25, 0.3) is 0 Å². The first-order chi connectivity index (χ1) is 16.3. The van der Waals surface area contributed by atoms with Gasteiger partial charge in [-0.1, -0.05) is 18.2 Å². The van der Waals surface area contributed by atoms with Gasteiger partial charge in [0.2, 0.25) is 15.9 Å². The Morgan fingerprint density at radius 1 is 1.09 bits per heavy atom. The van der Waals surface area contributed by atoms with Gasteiger partial charge in [0.15, 0.2) is 11.5 Å². The lowest BCUT2D eigenvalue weighted by atomic mass is 10.1. The Labute approximate surface area is 198 Å². The monoisotopic (exact) mass is 482 g/mol. The smallest absolute Gasteiger partial charge is 0.243 e. The Morgan fingerprint density at radius 3 is 2.56 bits per heavy atom. The zero-order valence-electron chi connectivity index (χ0n) is 19.1. The minimum atomic E-state index is -3.76. The topological polar surface area (TPSA) is 94.0 Å². The summed E-state index contributed by atoms with van der Waals surface area (Å²) >= 11 is 0. The van der Waals surface area contributed by atoms with E-state index >= 15 is 0 Å². The highest BCUT2D eigenvalue weighted by molar-refractivity contribution is 7.89. The van der Waals surface area contributed by atoms with Crippen molar-refractivity contribution in [1.29, 1.82) is 0 Å². The van der Waals surface area contributed by atoms with Gasteiger partial charge in [-0.05, 0) is 24.3 Å². The Kier molecular flexibility index (Phi) is 5.78. The molecule has 2 aromatic carbocycles. The fourth-order valence-corrected chi connectivity index (χ4v) is 5.88. The highest BCUT2D eigenvalue weighted by atomic mass is 32.2. The first-order valence-corrected chi connectivity index (χ1v) is 12.5. The maximum Gasteiger partial charge on any atom is 0.243 e. The standard InChI is InChI=1S/C24H26N4O5S/c1-17(29)28(18-6-4-3-5-7-18)16-21-20-15-27(11-10-22(20)26(2)25-21)34(30,31)19-8-9-23-24(14-19)33-13-12-32-23/h3-9,14H,10-13,15-16H2,1-2H3. The van der Waals surface area contributed by atoms with Crippen LogP contribution in [-0.2, 0) is 41.4 Å². The van der Waals surface area contributed by atoms with Gasteiger partial charge in [-0.3, -0.25) is 9.48 Å². The second kappa shape index (κ2) is 8.77. The third-order valence-corrected chi connectivity index (χ3v) is 8.04. The molecule has 0 spiro atoms. The SMILES string of the molecule is CC(=O)N(Cc1nn(C)c2c1CN(S(=O)(=O)c1ccc3c(c1)OCCO3)CC2)c1ccccc1. The zero-order chi connectivity index (χ0) is 23.9. The number of aromatic nitrogens is 2. The van der Waals surface area contributed by atoms with E-state index in [1.165, 1.54) is 17.3 Å². The average molecular weight is 483 g/mol. The quantitative estimate of drug-likeness (QED) is 0.555. The first kappa shape index (κ1) is 22.4. The van der Waals surface area contributed by atoms with Crippen molar-refractivity contribution in [2.24, 2.45) is 7.05 Å². The number of carbonyl (C=O) groups excluding carboxylic acids is 1. The van der Waals surface area contributed by atoms with Crippen LogP contribution in [0.4, 0.5) is 5.69 Å². The molecule has 0 radical (unpaired) electrons. The van der Waals surface area contributed by atoms with Crippen molar-refractivity contribution in [3.05, 3.63) is 65.5 Å². The molecule has 1 aromatic heterocycles. The number of carbonyl (C=O) groups is 1. The van der Waals surface area contributed by atoms with Crippen LogP contribution in [0.3, 0.4) is 0 Å². The molecule has 0 saturated heterocycles. The van der Waals surface area contributed by atoms with E-state index in [9.17, 15) is 13.2 Å². The summed E-state index contributed by atoms with van der Waals surface area (Å²) in [4.78, 5) is 14.2. The fraction of sp³-hybridized carbons (Fsp3) is 0.333. The number of para-hydroxylation sites is 1. The van der Waals surface area contributed by atoms with Gasteiger partial charge in [-0.25, -0.2) is 8.42 Å². The lowest BCUT2D eigenvalue weighted by Crippen LogP contribution is -2.37. The molecule has 9 nitrogen and oxygen atoms in total. The van der Waals surface area contributed by atoms with Crippen LogP contribution < -0.4 is 14.4 Å². The van der Waals surface area contributed by atoms with Crippen molar-refractivity contribution in [1.82, 2.24) is 14.1 Å². The molecule has 2 aliphatic rings. The van der Waals surface area contributed by atoms with Crippen molar-refractivity contribution < 1.29 is 22.7 Å². The molecule has 0 atom stereocenters. The second-order valence-corrected chi connectivity index (χ2v) is 10.3. The van der Waals surface area contributed by atoms with Gasteiger partial charge in [0, 0.05) is 56.5 Å². The van der Waals surface area contributed by atoms with Gasteiger partial charge in [-0.2, -0.15) is 9.40 Å². The van der Waals surface area contributed by atoms with E-state index in [-0.39, 0.29) is 23.9 Å². The van der Waals surface area contributed by atoms with Crippen molar-refractivity contribution in [2.45, 2.75) is 31.3 Å². The van der Waals surface area contributed by atoms with Crippen LogP contribution in [0.5, 0.6) is 11.5 Å². The summed E-state index contributed by atoms with van der Waals surface area (Å²) in [5.41, 5.74) is 3.29. The van der Waals surface area contributed by atoms with Crippen LogP contribution in [-0.4, -0.2) is 48.2 Å². The van der Waals surface area contributed by atoms with Crippen molar-refractivity contribution >= 4 is 21.6 Å². The number of aryl methyl sites for hydroxylation is 1. The van der Waals surface area contributed by atoms with E-state index in [1.807, 2.05) is 37.4 Å². The summed E-state index contributed by atoms with van der Waals surface area (Å²) in [6.45, 7) is 3.14. The summed E-state index contributed by atoms with van der Waals surface area (Å²) in [7, 11) is -1.91. The lowest BCUT2D eigenvalue weighted by Gasteiger charge is -2.28. The van der Waals surface area contributed by atoms with Crippen LogP contribution in [0.1, 0.15) is 23.9 Å². The molecule has 34 heavy (non-hydrogen) atoms. The second-order valence-electron chi connectivity index (χ2n) is 8.33. The van der Waals surface area contributed by atoms with E-state index < -0.39 is 10.0 Å². The summed E-state index contributed by atoms with van der Waals surface area (Å²) in [5, 5.41) is 4.65. The number of hydrogen-bond acceptors (Lipinski definition) is 6. The molecular weight excluding hydrogens is 456 g/mol. The predicted octanol–water partition coefficient (Wildman–Crippen LogP) is 2.49. The van der Waals surface area contributed by atoms with Gasteiger partial charge in [0.25, 0.3) is 0 Å². The molecule has 0 bridgehead atoms. The molecule has 3 heterocycles. The molecule has 2 aliphatic heterocycles. The molecule has 1 amide bonds. The van der Waals surface area contributed by atoms with E-state index in [0.717, 1.165) is 16.9 Å². The highest BCUT2D eigenvalue weighted by Gasteiger charge is 2.33. The van der Waals surface area contributed by atoms with E-state index in [0.29, 0.717) is 43.4 Å². The largest absolute Gasteiger partial charge is 0.486 e. The molecule has 0 unspecified atom stereocenters. The number of hydrogen-bond donors (Lipinski definition) is 0. The summed E-state index contributed by atoms with van der Waals surface area (Å²) in [6.07, 6.45) is 0.536. The summed E-state index contributed by atoms with van der Waals surface area (Å²) < 4.78 is 41.3.